The summed E-state index contributed by atoms with van der Waals surface area (Å²) in [4.78, 5) is 37.9. The van der Waals surface area contributed by atoms with Crippen LogP contribution in [-0.4, -0.2) is 78.0 Å². The average Bonchev–Trinajstić information content (AvgIpc) is 3.01. The van der Waals surface area contributed by atoms with E-state index in [4.69, 9.17) is 9.47 Å². The van der Waals surface area contributed by atoms with Crippen LogP contribution in [0.15, 0.2) is 30.0 Å². The van der Waals surface area contributed by atoms with Crippen molar-refractivity contribution in [1.82, 2.24) is 19.8 Å². The quantitative estimate of drug-likeness (QED) is 0.396. The zero-order chi connectivity index (χ0) is 23.6. The zero-order valence-corrected chi connectivity index (χ0v) is 19.2. The van der Waals surface area contributed by atoms with Crippen molar-refractivity contribution in [3.63, 3.8) is 0 Å². The van der Waals surface area contributed by atoms with Crippen LogP contribution in [0.25, 0.3) is 5.76 Å². The molecule has 1 aromatic carbocycles. The molecule has 9 nitrogen and oxygen atoms in total. The van der Waals surface area contributed by atoms with E-state index in [1.165, 1.54) is 25.3 Å². The molecule has 170 valence electrons. The number of rotatable bonds is 7. The maximum absolute atomic E-state index is 13.1. The number of ketones is 1. The van der Waals surface area contributed by atoms with Crippen molar-refractivity contribution in [2.75, 3.05) is 41.4 Å². The van der Waals surface area contributed by atoms with Crippen molar-refractivity contribution >= 4 is 17.4 Å². The van der Waals surface area contributed by atoms with Crippen LogP contribution < -0.4 is 9.47 Å². The molecular formula is C23H28N4O5. The number of aromatic nitrogens is 2. The maximum Gasteiger partial charge on any atom is 0.295 e. The molecule has 2 heterocycles. The first-order valence-electron chi connectivity index (χ1n) is 10.1. The molecule has 0 radical (unpaired) electrons. The topological polar surface area (TPSA) is 105 Å². The van der Waals surface area contributed by atoms with Crippen molar-refractivity contribution in [2.24, 2.45) is 0 Å². The number of likely N-dealkylation sites (tertiary alicyclic amines) is 1. The molecule has 1 saturated heterocycles. The minimum Gasteiger partial charge on any atom is -0.507 e. The van der Waals surface area contributed by atoms with Gasteiger partial charge in [0.15, 0.2) is 11.5 Å². The van der Waals surface area contributed by atoms with Gasteiger partial charge in [-0.2, -0.15) is 0 Å². The number of nitrogens with zero attached hydrogens (tertiary/aromatic N) is 4. The first-order chi connectivity index (χ1) is 15.2. The van der Waals surface area contributed by atoms with Crippen LogP contribution in [0.3, 0.4) is 0 Å². The van der Waals surface area contributed by atoms with Gasteiger partial charge < -0.3 is 24.4 Å². The number of aliphatic hydroxyl groups is 1. The number of likely N-dealkylation sites (N-methyl/N-ethyl adjacent to an activating group) is 1. The van der Waals surface area contributed by atoms with Crippen LogP contribution in [0.1, 0.15) is 28.7 Å². The highest BCUT2D eigenvalue weighted by Gasteiger charge is 2.46. The van der Waals surface area contributed by atoms with E-state index < -0.39 is 17.7 Å². The Morgan fingerprint density at radius 2 is 1.84 bits per heavy atom. The van der Waals surface area contributed by atoms with Crippen molar-refractivity contribution < 1.29 is 24.2 Å². The first-order valence-corrected chi connectivity index (χ1v) is 10.1. The van der Waals surface area contributed by atoms with Gasteiger partial charge in [-0.15, -0.1) is 0 Å². The summed E-state index contributed by atoms with van der Waals surface area (Å²) < 4.78 is 10.7. The number of aryl methyl sites for hydroxylation is 2. The molecule has 0 aliphatic carbocycles. The second kappa shape index (κ2) is 9.35. The molecule has 1 amide bonds. The summed E-state index contributed by atoms with van der Waals surface area (Å²) in [5.41, 5.74) is 1.44. The van der Waals surface area contributed by atoms with E-state index in [0.29, 0.717) is 47.2 Å². The molecule has 1 atom stereocenters. The van der Waals surface area contributed by atoms with E-state index in [1.54, 1.807) is 32.0 Å². The van der Waals surface area contributed by atoms with Crippen LogP contribution in [-0.2, 0) is 9.59 Å². The molecule has 0 unspecified atom stereocenters. The van der Waals surface area contributed by atoms with E-state index in [9.17, 15) is 14.7 Å². The molecule has 1 aliphatic rings. The highest BCUT2D eigenvalue weighted by atomic mass is 16.5. The van der Waals surface area contributed by atoms with E-state index in [2.05, 4.69) is 9.97 Å². The lowest BCUT2D eigenvalue weighted by Gasteiger charge is -2.27. The summed E-state index contributed by atoms with van der Waals surface area (Å²) in [5, 5.41) is 11.2. The molecule has 0 saturated carbocycles. The molecule has 2 aromatic rings. The smallest absolute Gasteiger partial charge is 0.295 e. The van der Waals surface area contributed by atoms with E-state index in [1.807, 2.05) is 19.0 Å². The number of hydrogen-bond donors (Lipinski definition) is 1. The van der Waals surface area contributed by atoms with Crippen LogP contribution in [0.4, 0.5) is 0 Å². The fraction of sp³-hybridized carbons (Fsp3) is 0.391. The summed E-state index contributed by atoms with van der Waals surface area (Å²) in [6.07, 6.45) is 1.46. The number of amides is 1. The Kier molecular flexibility index (Phi) is 6.78. The SMILES string of the molecule is COc1ccc([C@@H]2/C(=C(\O)c3cnc(C)nc3C)C(=O)C(=O)N2CCN(C)C)cc1OC. The van der Waals surface area contributed by atoms with Gasteiger partial charge in [0.25, 0.3) is 11.7 Å². The van der Waals surface area contributed by atoms with Crippen LogP contribution in [0.2, 0.25) is 0 Å². The molecule has 1 aromatic heterocycles. The third-order valence-corrected chi connectivity index (χ3v) is 5.41. The van der Waals surface area contributed by atoms with Gasteiger partial charge in [0.05, 0.1) is 37.1 Å². The summed E-state index contributed by atoms with van der Waals surface area (Å²) in [7, 11) is 6.81. The molecule has 3 rings (SSSR count). The lowest BCUT2D eigenvalue weighted by Crippen LogP contribution is -2.35. The highest BCUT2D eigenvalue weighted by Crippen LogP contribution is 2.42. The molecular weight excluding hydrogens is 412 g/mol. The minimum atomic E-state index is -0.796. The van der Waals surface area contributed by atoms with Crippen molar-refractivity contribution in [3.05, 3.63) is 52.6 Å². The predicted molar refractivity (Wildman–Crippen MR) is 119 cm³/mol. The fourth-order valence-corrected chi connectivity index (χ4v) is 3.75. The van der Waals surface area contributed by atoms with Gasteiger partial charge in [-0.3, -0.25) is 9.59 Å². The number of carbonyl (C=O) groups excluding carboxylic acids is 2. The largest absolute Gasteiger partial charge is 0.507 e. The van der Waals surface area contributed by atoms with Crippen molar-refractivity contribution in [3.8, 4) is 11.5 Å². The number of ether oxygens (including phenoxy) is 2. The lowest BCUT2D eigenvalue weighted by atomic mass is 9.95. The fourth-order valence-electron chi connectivity index (χ4n) is 3.75. The standard InChI is InChI=1S/C23H28N4O5/c1-13-16(12-24-14(2)25-13)21(28)19-20(15-7-8-17(31-5)18(11-15)32-6)27(10-9-26(3)4)23(30)22(19)29/h7-8,11-12,20,28H,9-10H2,1-6H3/b21-19+/t20-/m1/s1. The van der Waals surface area contributed by atoms with E-state index >= 15 is 0 Å². The van der Waals surface area contributed by atoms with Crippen molar-refractivity contribution in [1.29, 1.82) is 0 Å². The van der Waals surface area contributed by atoms with Gasteiger partial charge in [-0.1, -0.05) is 6.07 Å². The van der Waals surface area contributed by atoms with Gasteiger partial charge in [0, 0.05) is 19.3 Å². The normalized spacial score (nSPS) is 17.8. The predicted octanol–water partition coefficient (Wildman–Crippen LogP) is 2.09. The number of carbonyl (C=O) groups is 2. The molecule has 1 fully saturated rings. The molecule has 0 spiro atoms. The van der Waals surface area contributed by atoms with Crippen LogP contribution >= 0.6 is 0 Å². The van der Waals surface area contributed by atoms with Gasteiger partial charge in [0.2, 0.25) is 0 Å². The molecule has 1 N–H and O–H groups in total. The molecule has 32 heavy (non-hydrogen) atoms. The average molecular weight is 441 g/mol. The second-order valence-corrected chi connectivity index (χ2v) is 7.83. The van der Waals surface area contributed by atoms with Crippen molar-refractivity contribution in [2.45, 2.75) is 19.9 Å². The van der Waals surface area contributed by atoms with Gasteiger partial charge in [0.1, 0.15) is 11.6 Å². The van der Waals surface area contributed by atoms with E-state index in [-0.39, 0.29) is 11.3 Å². The Hall–Kier alpha value is -3.46. The Balaban J connectivity index is 2.21. The van der Waals surface area contributed by atoms with Crippen LogP contribution in [0, 0.1) is 13.8 Å². The molecule has 0 bridgehead atoms. The number of aliphatic hydroxyl groups excluding tert-OH is 1. The Morgan fingerprint density at radius 1 is 1.16 bits per heavy atom. The third-order valence-electron chi connectivity index (χ3n) is 5.41. The lowest BCUT2D eigenvalue weighted by molar-refractivity contribution is -0.140. The highest BCUT2D eigenvalue weighted by molar-refractivity contribution is 6.46. The second-order valence-electron chi connectivity index (χ2n) is 7.83. The first kappa shape index (κ1) is 23.2. The summed E-state index contributed by atoms with van der Waals surface area (Å²) in [6.45, 7) is 4.30. The summed E-state index contributed by atoms with van der Waals surface area (Å²) in [5.74, 6) is -0.197. The minimum absolute atomic E-state index is 0.00321. The number of benzene rings is 1. The molecule has 9 heteroatoms. The Morgan fingerprint density at radius 3 is 2.44 bits per heavy atom. The van der Waals surface area contributed by atoms with Crippen LogP contribution in [0.5, 0.6) is 11.5 Å². The number of Topliss-reactive ketones (excluding diaryl/α,β-unsaturated/α-hetero) is 1. The summed E-state index contributed by atoms with van der Waals surface area (Å²) in [6, 6.07) is 4.38. The Bertz CT molecular complexity index is 1080. The zero-order valence-electron chi connectivity index (χ0n) is 19.2. The monoisotopic (exact) mass is 440 g/mol. The van der Waals surface area contributed by atoms with Gasteiger partial charge in [-0.05, 0) is 45.6 Å². The molecule has 1 aliphatic heterocycles. The van der Waals surface area contributed by atoms with E-state index in [0.717, 1.165) is 0 Å². The van der Waals surface area contributed by atoms with Gasteiger partial charge in [-0.25, -0.2) is 9.97 Å². The maximum atomic E-state index is 13.1. The summed E-state index contributed by atoms with van der Waals surface area (Å²) >= 11 is 0. The number of hydrogen-bond acceptors (Lipinski definition) is 8. The van der Waals surface area contributed by atoms with Gasteiger partial charge >= 0.3 is 0 Å². The number of methoxy groups -OCH3 is 2. The third kappa shape index (κ3) is 4.29. The Labute approximate surface area is 187 Å².